The van der Waals surface area contributed by atoms with Gasteiger partial charge in [-0.1, -0.05) is 12.1 Å². The fourth-order valence-electron chi connectivity index (χ4n) is 5.48. The Balaban J connectivity index is 0.881. The van der Waals surface area contributed by atoms with Gasteiger partial charge in [-0.05, 0) is 36.4 Å². The van der Waals surface area contributed by atoms with Gasteiger partial charge in [-0.2, -0.15) is 15.0 Å². The molecule has 1 amide bonds. The first-order chi connectivity index (χ1) is 27.7. The predicted octanol–water partition coefficient (Wildman–Crippen LogP) is 5.11. The smallest absolute Gasteiger partial charge is 0.296 e. The van der Waals surface area contributed by atoms with E-state index in [1.807, 2.05) is 4.90 Å². The minimum atomic E-state index is -2.87. The molecule has 5 aromatic rings. The Morgan fingerprint density at radius 1 is 0.789 bits per heavy atom. The van der Waals surface area contributed by atoms with E-state index < -0.39 is 52.7 Å². The first kappa shape index (κ1) is 41.0. The number of alkyl halides is 2. The topological polar surface area (TPSA) is 159 Å². The molecule has 57 heavy (non-hydrogen) atoms. The zero-order valence-electron chi connectivity index (χ0n) is 30.2. The maximum Gasteiger partial charge on any atom is 0.296 e. The number of anilines is 4. The van der Waals surface area contributed by atoms with Crippen LogP contribution in [0.4, 0.5) is 49.6 Å². The number of benzene rings is 3. The van der Waals surface area contributed by atoms with E-state index >= 15 is 0 Å². The van der Waals surface area contributed by atoms with Crippen LogP contribution < -0.4 is 21.0 Å². The maximum absolute atomic E-state index is 14.5. The molecule has 15 nitrogen and oxygen atoms in total. The minimum absolute atomic E-state index is 0.00235. The highest BCUT2D eigenvalue weighted by Gasteiger charge is 2.25. The third kappa shape index (κ3) is 10.8. The second kappa shape index (κ2) is 20.0. The van der Waals surface area contributed by atoms with Crippen molar-refractivity contribution < 1.29 is 54.9 Å². The Labute approximate surface area is 321 Å². The standard InChI is InChI=1S/C36H37F6N9O6/c37-22-5-8-26(25(39)21-22)44-30-23(6-7-24(38)29(30)40)33(52)49-57-20-19-56-18-17-55-16-15-53-12-9-43-34-46-35(50-10-13-54-14-11-50)48-36(47-34)51-28-4-2-1-3-27(28)45-32(51)31(41)42/h1-8,21,31,44H,9-20H2,(H,49,52)(H,43,46,47,48). The van der Waals surface area contributed by atoms with Gasteiger partial charge in [0.1, 0.15) is 11.6 Å². The molecule has 0 spiro atoms. The number of halogens is 6. The lowest BCUT2D eigenvalue weighted by Gasteiger charge is -2.27. The summed E-state index contributed by atoms with van der Waals surface area (Å²) in [6.45, 7) is 3.36. The number of hydrogen-bond donors (Lipinski definition) is 3. The molecule has 21 heteroatoms. The van der Waals surface area contributed by atoms with Crippen LogP contribution in [-0.2, 0) is 23.8 Å². The highest BCUT2D eigenvalue weighted by molar-refractivity contribution is 6.00. The minimum Gasteiger partial charge on any atom is -0.378 e. The lowest BCUT2D eigenvalue weighted by molar-refractivity contribution is -0.0195. The van der Waals surface area contributed by atoms with E-state index in [4.69, 9.17) is 23.8 Å². The van der Waals surface area contributed by atoms with Crippen molar-refractivity contribution in [1.82, 2.24) is 30.0 Å². The van der Waals surface area contributed by atoms with Crippen molar-refractivity contribution >= 4 is 40.2 Å². The number of amides is 1. The third-order valence-electron chi connectivity index (χ3n) is 8.19. The summed E-state index contributed by atoms with van der Waals surface area (Å²) in [5, 5.41) is 5.35. The fourth-order valence-corrected chi connectivity index (χ4v) is 5.48. The van der Waals surface area contributed by atoms with E-state index in [1.54, 1.807) is 24.3 Å². The third-order valence-corrected chi connectivity index (χ3v) is 8.19. The van der Waals surface area contributed by atoms with Crippen LogP contribution in [0.25, 0.3) is 17.0 Å². The molecule has 304 valence electrons. The molecule has 3 aromatic carbocycles. The van der Waals surface area contributed by atoms with Gasteiger partial charge in [0.2, 0.25) is 17.8 Å². The summed E-state index contributed by atoms with van der Waals surface area (Å²) in [7, 11) is 0. The van der Waals surface area contributed by atoms with Gasteiger partial charge in [0.05, 0.1) is 87.4 Å². The van der Waals surface area contributed by atoms with Crippen LogP contribution in [0.15, 0.2) is 54.6 Å². The Morgan fingerprint density at radius 3 is 2.23 bits per heavy atom. The highest BCUT2D eigenvalue weighted by Crippen LogP contribution is 2.29. The molecule has 0 atom stereocenters. The van der Waals surface area contributed by atoms with Crippen LogP contribution in [0.5, 0.6) is 0 Å². The Bertz CT molecular complexity index is 2130. The lowest BCUT2D eigenvalue weighted by Crippen LogP contribution is -2.37. The number of rotatable bonds is 20. The summed E-state index contributed by atoms with van der Waals surface area (Å²) in [5.74, 6) is -5.66. The fraction of sp³-hybridized carbons (Fsp3) is 0.361. The number of ether oxygens (including phenoxy) is 4. The number of fused-ring (bicyclic) bond motifs is 1. The number of para-hydroxylation sites is 2. The Hall–Kier alpha value is -5.61. The largest absolute Gasteiger partial charge is 0.378 e. The highest BCUT2D eigenvalue weighted by atomic mass is 19.3. The maximum atomic E-state index is 14.5. The van der Waals surface area contributed by atoms with Crippen LogP contribution in [-0.4, -0.2) is 110 Å². The van der Waals surface area contributed by atoms with E-state index in [9.17, 15) is 31.1 Å². The second-order valence-corrected chi connectivity index (χ2v) is 12.0. The van der Waals surface area contributed by atoms with Gasteiger partial charge in [0.15, 0.2) is 17.5 Å². The quantitative estimate of drug-likeness (QED) is 0.0542. The number of imidazole rings is 1. The molecule has 0 unspecified atom stereocenters. The molecule has 1 aliphatic heterocycles. The predicted molar refractivity (Wildman–Crippen MR) is 193 cm³/mol. The first-order valence-electron chi connectivity index (χ1n) is 17.6. The molecule has 2 aromatic heterocycles. The van der Waals surface area contributed by atoms with E-state index in [-0.39, 0.29) is 63.8 Å². The van der Waals surface area contributed by atoms with Gasteiger partial charge >= 0.3 is 0 Å². The van der Waals surface area contributed by atoms with Gasteiger partial charge in [0, 0.05) is 25.7 Å². The summed E-state index contributed by atoms with van der Waals surface area (Å²) in [5.41, 5.74) is 1.45. The van der Waals surface area contributed by atoms with Crippen molar-refractivity contribution in [3.63, 3.8) is 0 Å². The average Bonchev–Trinajstić information content (AvgIpc) is 3.61. The number of nitrogens with zero attached hydrogens (tertiary/aromatic N) is 6. The molecular formula is C36H37F6N9O6. The zero-order chi connectivity index (χ0) is 40.1. The monoisotopic (exact) mass is 805 g/mol. The first-order valence-corrected chi connectivity index (χ1v) is 17.6. The Kier molecular flexibility index (Phi) is 14.4. The van der Waals surface area contributed by atoms with Gasteiger partial charge in [0.25, 0.3) is 12.3 Å². The van der Waals surface area contributed by atoms with Crippen molar-refractivity contribution in [3.8, 4) is 5.95 Å². The van der Waals surface area contributed by atoms with Crippen LogP contribution in [0, 0.1) is 23.3 Å². The number of nitrogens with one attached hydrogen (secondary N) is 3. The number of hydroxylamine groups is 1. The number of carbonyl (C=O) groups excluding carboxylic acids is 1. The SMILES string of the molecule is O=C(NOCCOCCOCCOCCNc1nc(N2CCOCC2)nc(-n2c(C(F)F)nc3ccccc32)n1)c1ccc(F)c(F)c1Nc1ccc(F)cc1F. The summed E-state index contributed by atoms with van der Waals surface area (Å²) in [6, 6.07) is 10.9. The molecule has 6 rings (SSSR count). The van der Waals surface area contributed by atoms with Crippen molar-refractivity contribution in [2.24, 2.45) is 0 Å². The van der Waals surface area contributed by atoms with Gasteiger partial charge in [-0.3, -0.25) is 14.2 Å². The molecule has 0 aliphatic carbocycles. The van der Waals surface area contributed by atoms with Gasteiger partial charge < -0.3 is 34.5 Å². The van der Waals surface area contributed by atoms with Crippen molar-refractivity contribution in [2.45, 2.75) is 6.43 Å². The van der Waals surface area contributed by atoms with E-state index in [2.05, 4.69) is 36.0 Å². The molecule has 3 heterocycles. The summed E-state index contributed by atoms with van der Waals surface area (Å²) >= 11 is 0. The summed E-state index contributed by atoms with van der Waals surface area (Å²) < 4.78 is 107. The molecule has 0 saturated carbocycles. The molecule has 1 saturated heterocycles. The molecule has 1 fully saturated rings. The lowest BCUT2D eigenvalue weighted by atomic mass is 10.1. The molecular weight excluding hydrogens is 768 g/mol. The van der Waals surface area contributed by atoms with Crippen LogP contribution in [0.3, 0.4) is 0 Å². The number of aromatic nitrogens is 5. The summed E-state index contributed by atoms with van der Waals surface area (Å²) in [6.07, 6.45) is -2.87. The van der Waals surface area contributed by atoms with E-state index in [0.29, 0.717) is 55.9 Å². The van der Waals surface area contributed by atoms with Gasteiger partial charge in [-0.15, -0.1) is 0 Å². The van der Waals surface area contributed by atoms with E-state index in [1.165, 1.54) is 4.57 Å². The van der Waals surface area contributed by atoms with Crippen LogP contribution in [0.1, 0.15) is 22.6 Å². The molecule has 3 N–H and O–H groups in total. The zero-order valence-corrected chi connectivity index (χ0v) is 30.2. The average molecular weight is 806 g/mol. The van der Waals surface area contributed by atoms with Crippen molar-refractivity contribution in [1.29, 1.82) is 0 Å². The molecule has 1 aliphatic rings. The van der Waals surface area contributed by atoms with Crippen LogP contribution >= 0.6 is 0 Å². The Morgan fingerprint density at radius 2 is 1.49 bits per heavy atom. The summed E-state index contributed by atoms with van der Waals surface area (Å²) in [4.78, 5) is 37.1. The van der Waals surface area contributed by atoms with E-state index in [0.717, 1.165) is 24.3 Å². The molecule has 0 radical (unpaired) electrons. The number of morpholine rings is 1. The second-order valence-electron chi connectivity index (χ2n) is 12.0. The number of carbonyl (C=O) groups is 1. The number of hydrogen-bond acceptors (Lipinski definition) is 13. The van der Waals surface area contributed by atoms with Crippen molar-refractivity contribution in [3.05, 3.63) is 89.3 Å². The van der Waals surface area contributed by atoms with Crippen LogP contribution in [0.2, 0.25) is 0 Å². The molecule has 0 bridgehead atoms. The van der Waals surface area contributed by atoms with Crippen molar-refractivity contribution in [2.75, 3.05) is 94.6 Å². The van der Waals surface area contributed by atoms with Gasteiger partial charge in [-0.25, -0.2) is 36.8 Å². The normalized spacial score (nSPS) is 13.1.